The maximum Gasteiger partial charge on any atom is 0.344 e. The second-order valence-electron chi connectivity index (χ2n) is 8.22. The first-order valence-electron chi connectivity index (χ1n) is 11.9. The lowest BCUT2D eigenvalue weighted by molar-refractivity contribution is -0.145. The Labute approximate surface area is 249 Å². The lowest BCUT2D eigenvalue weighted by atomic mass is 9.96. The molecule has 0 fully saturated rings. The Morgan fingerprint density at radius 2 is 1.87 bits per heavy atom. The predicted octanol–water partition coefficient (Wildman–Crippen LogP) is 4.92. The molecule has 1 aromatic heterocycles. The zero-order valence-electron chi connectivity index (χ0n) is 21.1. The molecule has 0 N–H and O–H groups in total. The summed E-state index contributed by atoms with van der Waals surface area (Å²) in [6.45, 7) is 5.23. The average Bonchev–Trinajstić information content (AvgIpc) is 3.17. The molecule has 0 spiro atoms. The number of thiazole rings is 1. The second kappa shape index (κ2) is 12.6. The molecule has 0 aliphatic carbocycles. The fraction of sp³-hybridized carbons (Fsp3) is 0.259. The van der Waals surface area contributed by atoms with Crippen LogP contribution in [0.1, 0.15) is 37.9 Å². The van der Waals surface area contributed by atoms with Gasteiger partial charge in [-0.1, -0.05) is 57.1 Å². The SMILES string of the molecule is CCOC(=O)COc1c(Br)cc(Br)cc1/C=c1\sc2n(c1=O)[C@H](c1ccccc1Cl)C(C(=O)OCC)=C(C)N=2. The van der Waals surface area contributed by atoms with Crippen LogP contribution in [0.3, 0.4) is 0 Å². The Bertz CT molecular complexity index is 1660. The van der Waals surface area contributed by atoms with E-state index in [9.17, 15) is 14.4 Å². The van der Waals surface area contributed by atoms with E-state index in [1.807, 2.05) is 0 Å². The van der Waals surface area contributed by atoms with E-state index in [-0.39, 0.29) is 31.0 Å². The molecule has 1 atom stereocenters. The number of hydrogen-bond donors (Lipinski definition) is 0. The van der Waals surface area contributed by atoms with Crippen molar-refractivity contribution >= 4 is 72.8 Å². The molecular formula is C27H23Br2ClN2O6S. The van der Waals surface area contributed by atoms with Crippen LogP contribution in [-0.4, -0.2) is 36.3 Å². The molecule has 2 heterocycles. The topological polar surface area (TPSA) is 96.2 Å². The van der Waals surface area contributed by atoms with E-state index in [1.165, 1.54) is 15.9 Å². The number of esters is 2. The van der Waals surface area contributed by atoms with Gasteiger partial charge in [0.25, 0.3) is 5.56 Å². The van der Waals surface area contributed by atoms with E-state index in [0.717, 1.165) is 4.47 Å². The van der Waals surface area contributed by atoms with Gasteiger partial charge in [0.15, 0.2) is 11.4 Å². The van der Waals surface area contributed by atoms with E-state index in [1.54, 1.807) is 63.2 Å². The molecule has 0 amide bonds. The first kappa shape index (κ1) is 29.3. The number of fused-ring (bicyclic) bond motifs is 1. The van der Waals surface area contributed by atoms with Crippen LogP contribution in [0, 0.1) is 0 Å². The summed E-state index contributed by atoms with van der Waals surface area (Å²) in [4.78, 5) is 43.9. The highest BCUT2D eigenvalue weighted by molar-refractivity contribution is 9.11. The molecule has 2 aromatic carbocycles. The highest BCUT2D eigenvalue weighted by Gasteiger charge is 2.34. The summed E-state index contributed by atoms with van der Waals surface area (Å²) >= 11 is 14.7. The molecule has 3 aromatic rings. The summed E-state index contributed by atoms with van der Waals surface area (Å²) < 4.78 is 19.2. The lowest BCUT2D eigenvalue weighted by Crippen LogP contribution is -2.40. The number of carbonyl (C=O) groups is 2. The van der Waals surface area contributed by atoms with Gasteiger partial charge in [0.2, 0.25) is 0 Å². The van der Waals surface area contributed by atoms with E-state index in [0.29, 0.717) is 41.4 Å². The van der Waals surface area contributed by atoms with Crippen LogP contribution in [0.15, 0.2) is 66.4 Å². The molecule has 39 heavy (non-hydrogen) atoms. The van der Waals surface area contributed by atoms with Gasteiger partial charge >= 0.3 is 11.9 Å². The van der Waals surface area contributed by atoms with Gasteiger partial charge in [-0.25, -0.2) is 14.6 Å². The summed E-state index contributed by atoms with van der Waals surface area (Å²) in [7, 11) is 0. The standard InChI is InChI=1S/C27H23Br2ClN2O6S/c1-4-36-21(33)13-38-24-15(10-16(28)12-18(24)29)11-20-25(34)32-23(17-8-6-7-9-19(17)30)22(26(35)37-5-2)14(3)31-27(32)39-20/h6-12,23H,4-5,13H2,1-3H3/b20-11-/t23-/m1/s1. The molecule has 0 unspecified atom stereocenters. The van der Waals surface area contributed by atoms with Gasteiger partial charge in [-0.2, -0.15) is 0 Å². The van der Waals surface area contributed by atoms with Gasteiger partial charge in [-0.05, 0) is 66.5 Å². The third-order valence-corrected chi connectivity index (χ3v) is 8.05. The molecule has 0 bridgehead atoms. The van der Waals surface area contributed by atoms with Crippen LogP contribution in [0.2, 0.25) is 5.02 Å². The highest BCUT2D eigenvalue weighted by Crippen LogP contribution is 2.35. The minimum Gasteiger partial charge on any atom is -0.480 e. The van der Waals surface area contributed by atoms with Gasteiger partial charge in [0, 0.05) is 15.1 Å². The lowest BCUT2D eigenvalue weighted by Gasteiger charge is -2.25. The van der Waals surface area contributed by atoms with Crippen molar-refractivity contribution in [3.8, 4) is 5.75 Å². The third kappa shape index (κ3) is 6.21. The molecule has 0 saturated carbocycles. The van der Waals surface area contributed by atoms with Gasteiger partial charge < -0.3 is 14.2 Å². The smallest absolute Gasteiger partial charge is 0.344 e. The number of hydrogen-bond acceptors (Lipinski definition) is 8. The van der Waals surface area contributed by atoms with Crippen molar-refractivity contribution in [2.24, 2.45) is 4.99 Å². The van der Waals surface area contributed by atoms with E-state index < -0.39 is 18.0 Å². The van der Waals surface area contributed by atoms with E-state index >= 15 is 0 Å². The van der Waals surface area contributed by atoms with Gasteiger partial charge in [0.05, 0.1) is 33.5 Å². The summed E-state index contributed by atoms with van der Waals surface area (Å²) in [5.41, 5.74) is 1.43. The number of benzene rings is 2. The van der Waals surface area contributed by atoms with Crippen LogP contribution >= 0.6 is 54.8 Å². The summed E-state index contributed by atoms with van der Waals surface area (Å²) in [6, 6.07) is 9.76. The number of aromatic nitrogens is 1. The Kier molecular flexibility index (Phi) is 9.47. The number of carbonyl (C=O) groups excluding carboxylic acids is 2. The maximum absolute atomic E-state index is 13.9. The number of allylic oxidation sites excluding steroid dienone is 1. The van der Waals surface area contributed by atoms with Crippen molar-refractivity contribution in [3.05, 3.63) is 92.5 Å². The van der Waals surface area contributed by atoms with Crippen molar-refractivity contribution in [2.75, 3.05) is 19.8 Å². The van der Waals surface area contributed by atoms with Crippen LogP contribution in [0.25, 0.3) is 6.08 Å². The first-order chi connectivity index (χ1) is 18.7. The predicted molar refractivity (Wildman–Crippen MR) is 156 cm³/mol. The zero-order valence-corrected chi connectivity index (χ0v) is 25.9. The number of ether oxygens (including phenoxy) is 3. The summed E-state index contributed by atoms with van der Waals surface area (Å²) in [5, 5.41) is 0.402. The van der Waals surface area contributed by atoms with Crippen LogP contribution in [0.5, 0.6) is 5.75 Å². The molecule has 1 aliphatic heterocycles. The maximum atomic E-state index is 13.9. The van der Waals surface area contributed by atoms with E-state index in [2.05, 4.69) is 36.9 Å². The molecule has 4 rings (SSSR count). The average molecular weight is 699 g/mol. The zero-order chi connectivity index (χ0) is 28.3. The molecular weight excluding hydrogens is 676 g/mol. The molecule has 0 radical (unpaired) electrons. The monoisotopic (exact) mass is 696 g/mol. The largest absolute Gasteiger partial charge is 0.480 e. The van der Waals surface area contributed by atoms with E-state index in [4.69, 9.17) is 25.8 Å². The number of rotatable bonds is 8. The van der Waals surface area contributed by atoms with Gasteiger partial charge in [-0.15, -0.1) is 0 Å². The van der Waals surface area contributed by atoms with Crippen molar-refractivity contribution in [2.45, 2.75) is 26.8 Å². The fourth-order valence-corrected chi connectivity index (χ4v) is 6.75. The normalized spacial score (nSPS) is 15.0. The van der Waals surface area contributed by atoms with Crippen molar-refractivity contribution in [1.29, 1.82) is 0 Å². The van der Waals surface area contributed by atoms with Crippen molar-refractivity contribution < 1.29 is 23.8 Å². The van der Waals surface area contributed by atoms with Gasteiger partial charge in [-0.3, -0.25) is 9.36 Å². The van der Waals surface area contributed by atoms with Crippen LogP contribution < -0.4 is 19.6 Å². The van der Waals surface area contributed by atoms with Crippen molar-refractivity contribution in [1.82, 2.24) is 4.57 Å². The highest BCUT2D eigenvalue weighted by atomic mass is 79.9. The van der Waals surface area contributed by atoms with Gasteiger partial charge in [0.1, 0.15) is 11.8 Å². The summed E-state index contributed by atoms with van der Waals surface area (Å²) in [6.07, 6.45) is 1.66. The first-order valence-corrected chi connectivity index (χ1v) is 14.7. The Balaban J connectivity index is 1.91. The minimum absolute atomic E-state index is 0.168. The summed E-state index contributed by atoms with van der Waals surface area (Å²) in [5.74, 6) is -0.717. The van der Waals surface area contributed by atoms with Crippen LogP contribution in [0.4, 0.5) is 0 Å². The Morgan fingerprint density at radius 1 is 1.15 bits per heavy atom. The molecule has 1 aliphatic rings. The Morgan fingerprint density at radius 3 is 2.56 bits per heavy atom. The minimum atomic E-state index is -0.829. The van der Waals surface area contributed by atoms with Crippen molar-refractivity contribution in [3.63, 3.8) is 0 Å². The molecule has 0 saturated heterocycles. The Hall–Kier alpha value is -2.73. The second-order valence-corrected chi connectivity index (χ2v) is 11.4. The van der Waals surface area contributed by atoms with Crippen LogP contribution in [-0.2, 0) is 19.1 Å². The quantitative estimate of drug-likeness (QED) is 0.310. The fourth-order valence-electron chi connectivity index (χ4n) is 4.10. The third-order valence-electron chi connectivity index (χ3n) is 5.68. The number of halogens is 3. The molecule has 204 valence electrons. The molecule has 8 nitrogen and oxygen atoms in total. The molecule has 12 heteroatoms. The number of nitrogens with zero attached hydrogens (tertiary/aromatic N) is 2.